The molecule has 0 N–H and O–H groups in total. The summed E-state index contributed by atoms with van der Waals surface area (Å²) < 4.78 is 96.0. The van der Waals surface area contributed by atoms with Gasteiger partial charge in [0.25, 0.3) is 0 Å². The molecule has 3 atom stereocenters. The van der Waals surface area contributed by atoms with Gasteiger partial charge < -0.3 is 9.80 Å². The first-order valence-corrected chi connectivity index (χ1v) is 15.9. The third-order valence-corrected chi connectivity index (χ3v) is 10.2. The molecule has 1 amide bonds. The van der Waals surface area contributed by atoms with Gasteiger partial charge in [-0.15, -0.1) is 0 Å². The van der Waals surface area contributed by atoms with Gasteiger partial charge in [0.1, 0.15) is 11.6 Å². The van der Waals surface area contributed by atoms with Gasteiger partial charge in [0.2, 0.25) is 5.91 Å². The standard InChI is InChI=1S/C33H34F7N3OS/c1-18-10-22(34)6-9-26(18)27-16-29(43-23-7-8-24(43)15-25(14-23)45-5)41-17-28(27)42(4)30(44)31(2,3)19-11-20(32(35,36)37)13-21(12-19)33(38,39)40/h6,9-13,16-17,23-25H,7-8,14-15H2,1-5H3/t23-,24+,25+. The summed E-state index contributed by atoms with van der Waals surface area (Å²) in [5.74, 6) is -0.483. The van der Waals surface area contributed by atoms with Crippen molar-refractivity contribution in [3.8, 4) is 11.1 Å². The molecule has 3 heterocycles. The summed E-state index contributed by atoms with van der Waals surface area (Å²) in [5.41, 5.74) is -3.17. The molecular weight excluding hydrogens is 619 g/mol. The summed E-state index contributed by atoms with van der Waals surface area (Å²) in [4.78, 5) is 22.3. The first-order chi connectivity index (χ1) is 20.9. The van der Waals surface area contributed by atoms with Crippen LogP contribution in [-0.2, 0) is 22.6 Å². The first-order valence-electron chi connectivity index (χ1n) is 14.6. The van der Waals surface area contributed by atoms with Crippen molar-refractivity contribution in [2.24, 2.45) is 0 Å². The van der Waals surface area contributed by atoms with Crippen molar-refractivity contribution in [3.05, 3.63) is 76.7 Å². The van der Waals surface area contributed by atoms with E-state index in [0.29, 0.717) is 57.7 Å². The Morgan fingerprint density at radius 2 is 1.44 bits per heavy atom. The van der Waals surface area contributed by atoms with Crippen molar-refractivity contribution in [1.29, 1.82) is 0 Å². The number of carbonyl (C=O) groups is 1. The lowest BCUT2D eigenvalue weighted by Crippen LogP contribution is -2.44. The van der Waals surface area contributed by atoms with Gasteiger partial charge in [0.15, 0.2) is 0 Å². The van der Waals surface area contributed by atoms with Crippen LogP contribution in [0.2, 0.25) is 0 Å². The maximum absolute atomic E-state index is 14.1. The minimum absolute atomic E-state index is 0.0426. The second-order valence-corrected chi connectivity index (χ2v) is 13.6. The molecule has 0 unspecified atom stereocenters. The average molecular weight is 654 g/mol. The summed E-state index contributed by atoms with van der Waals surface area (Å²) in [5, 5.41) is 0.552. The number of hydrogen-bond acceptors (Lipinski definition) is 4. The van der Waals surface area contributed by atoms with E-state index < -0.39 is 46.2 Å². The molecule has 2 aromatic carbocycles. The predicted molar refractivity (Wildman–Crippen MR) is 163 cm³/mol. The van der Waals surface area contributed by atoms with Crippen molar-refractivity contribution in [2.45, 2.75) is 81.6 Å². The molecule has 3 aromatic rings. The maximum atomic E-state index is 14.1. The van der Waals surface area contributed by atoms with Crippen LogP contribution in [0, 0.1) is 12.7 Å². The Balaban J connectivity index is 1.59. The molecule has 2 aliphatic heterocycles. The fraction of sp³-hybridized carbons (Fsp3) is 0.455. The largest absolute Gasteiger partial charge is 0.416 e. The molecule has 1 aromatic heterocycles. The highest BCUT2D eigenvalue weighted by atomic mass is 32.2. The van der Waals surface area contributed by atoms with Crippen LogP contribution in [0.15, 0.2) is 48.7 Å². The number of carbonyl (C=O) groups excluding carboxylic acids is 1. The van der Waals surface area contributed by atoms with Crippen molar-refractivity contribution < 1.29 is 35.5 Å². The van der Waals surface area contributed by atoms with Crippen LogP contribution in [0.25, 0.3) is 11.1 Å². The number of anilines is 2. The average Bonchev–Trinajstić information content (AvgIpc) is 3.23. The molecule has 0 radical (unpaired) electrons. The van der Waals surface area contributed by atoms with Crippen LogP contribution in [0.4, 0.5) is 42.2 Å². The number of benzene rings is 2. The van der Waals surface area contributed by atoms with Crippen molar-refractivity contribution in [2.75, 3.05) is 23.1 Å². The highest BCUT2D eigenvalue weighted by molar-refractivity contribution is 7.99. The zero-order chi connectivity index (χ0) is 33.1. The maximum Gasteiger partial charge on any atom is 0.416 e. The number of nitrogens with zero attached hydrogens (tertiary/aromatic N) is 3. The lowest BCUT2D eigenvalue weighted by Gasteiger charge is -2.40. The van der Waals surface area contributed by atoms with Crippen LogP contribution in [-0.4, -0.2) is 41.5 Å². The lowest BCUT2D eigenvalue weighted by atomic mass is 9.81. The second-order valence-electron chi connectivity index (χ2n) is 12.4. The Morgan fingerprint density at radius 3 is 1.96 bits per heavy atom. The molecule has 0 aliphatic carbocycles. The van der Waals surface area contributed by atoms with E-state index >= 15 is 0 Å². The molecule has 12 heteroatoms. The fourth-order valence-corrected chi connectivity index (χ4v) is 7.48. The molecule has 0 spiro atoms. The number of rotatable bonds is 6. The number of fused-ring (bicyclic) bond motifs is 2. The number of aromatic nitrogens is 1. The normalized spacial score (nSPS) is 20.4. The molecule has 242 valence electrons. The number of amides is 1. The van der Waals surface area contributed by atoms with Gasteiger partial charge in [-0.3, -0.25) is 4.79 Å². The summed E-state index contributed by atoms with van der Waals surface area (Å²) in [7, 11) is 1.41. The van der Waals surface area contributed by atoms with E-state index in [1.165, 1.54) is 44.1 Å². The third-order valence-electron chi connectivity index (χ3n) is 9.14. The number of halogens is 7. The van der Waals surface area contributed by atoms with Crippen LogP contribution in [0.3, 0.4) is 0 Å². The SMILES string of the molecule is CS[C@H]1C[C@H]2CC[C@@H](C1)N2c1cc(-c2ccc(F)cc2C)c(N(C)C(=O)C(C)(C)c2cc(C(F)(F)F)cc(C(F)(F)F)c2)cn1. The van der Waals surface area contributed by atoms with Gasteiger partial charge in [-0.05, 0) is 106 Å². The Kier molecular flexibility index (Phi) is 8.69. The Bertz CT molecular complexity index is 1560. The zero-order valence-electron chi connectivity index (χ0n) is 25.5. The molecule has 2 aliphatic rings. The van der Waals surface area contributed by atoms with Gasteiger partial charge in [-0.2, -0.15) is 38.1 Å². The number of alkyl halides is 6. The van der Waals surface area contributed by atoms with Crippen LogP contribution in [0.1, 0.15) is 61.8 Å². The summed E-state index contributed by atoms with van der Waals surface area (Å²) >= 11 is 1.86. The summed E-state index contributed by atoms with van der Waals surface area (Å²) in [6.45, 7) is 4.31. The summed E-state index contributed by atoms with van der Waals surface area (Å²) in [6.07, 6.45) is -2.42. The van der Waals surface area contributed by atoms with E-state index in [1.54, 1.807) is 13.0 Å². The summed E-state index contributed by atoms with van der Waals surface area (Å²) in [6, 6.07) is 7.90. The quantitative estimate of drug-likeness (QED) is 0.249. The predicted octanol–water partition coefficient (Wildman–Crippen LogP) is 9.04. The fourth-order valence-electron chi connectivity index (χ4n) is 6.65. The Hall–Kier alpha value is -3.28. The molecule has 0 saturated carbocycles. The topological polar surface area (TPSA) is 36.4 Å². The number of aryl methyl sites for hydroxylation is 1. The number of thioether (sulfide) groups is 1. The second kappa shape index (κ2) is 11.8. The highest BCUT2D eigenvalue weighted by Gasteiger charge is 2.43. The van der Waals surface area contributed by atoms with E-state index in [1.807, 2.05) is 17.8 Å². The number of pyridine rings is 1. The van der Waals surface area contributed by atoms with E-state index in [0.717, 1.165) is 25.7 Å². The Morgan fingerprint density at radius 1 is 0.889 bits per heavy atom. The molecular formula is C33H34F7N3OS. The smallest absolute Gasteiger partial charge is 0.351 e. The van der Waals surface area contributed by atoms with Gasteiger partial charge in [-0.25, -0.2) is 9.37 Å². The third kappa shape index (κ3) is 6.39. The van der Waals surface area contributed by atoms with E-state index in [2.05, 4.69) is 11.2 Å². The zero-order valence-corrected chi connectivity index (χ0v) is 26.3. The number of piperidine rings is 1. The van der Waals surface area contributed by atoms with Crippen LogP contribution < -0.4 is 9.80 Å². The molecule has 45 heavy (non-hydrogen) atoms. The lowest BCUT2D eigenvalue weighted by molar-refractivity contribution is -0.143. The van der Waals surface area contributed by atoms with Crippen LogP contribution >= 0.6 is 11.8 Å². The number of hydrogen-bond donors (Lipinski definition) is 0. The molecule has 5 rings (SSSR count). The van der Waals surface area contributed by atoms with Crippen molar-refractivity contribution >= 4 is 29.2 Å². The minimum Gasteiger partial charge on any atom is -0.351 e. The number of likely N-dealkylation sites (N-methyl/N-ethyl adjacent to an activating group) is 1. The molecule has 4 nitrogen and oxygen atoms in total. The van der Waals surface area contributed by atoms with Crippen molar-refractivity contribution in [3.63, 3.8) is 0 Å². The monoisotopic (exact) mass is 653 g/mol. The van der Waals surface area contributed by atoms with E-state index in [9.17, 15) is 35.5 Å². The van der Waals surface area contributed by atoms with Gasteiger partial charge in [-0.1, -0.05) is 6.07 Å². The van der Waals surface area contributed by atoms with Gasteiger partial charge in [0, 0.05) is 29.9 Å². The van der Waals surface area contributed by atoms with Gasteiger partial charge in [0.05, 0.1) is 28.4 Å². The van der Waals surface area contributed by atoms with E-state index in [4.69, 9.17) is 4.98 Å². The van der Waals surface area contributed by atoms with Crippen LogP contribution in [0.5, 0.6) is 0 Å². The van der Waals surface area contributed by atoms with Gasteiger partial charge >= 0.3 is 12.4 Å². The van der Waals surface area contributed by atoms with E-state index in [-0.39, 0.29) is 6.07 Å². The molecule has 2 fully saturated rings. The molecule has 2 bridgehead atoms. The Labute approximate surface area is 262 Å². The molecule has 2 saturated heterocycles. The first kappa shape index (κ1) is 33.1. The highest BCUT2D eigenvalue weighted by Crippen LogP contribution is 2.45. The van der Waals surface area contributed by atoms with Crippen molar-refractivity contribution in [1.82, 2.24) is 4.98 Å². The minimum atomic E-state index is -5.06.